The fraction of sp³-hybridized carbons (Fsp3) is 0.111. The van der Waals surface area contributed by atoms with E-state index in [-0.39, 0.29) is 12.2 Å². The monoisotopic (exact) mass is 368 g/mol. The smallest absolute Gasteiger partial charge is 0.275 e. The number of nitrogen functional groups attached to an aromatic ring is 1. The summed E-state index contributed by atoms with van der Waals surface area (Å²) in [6, 6.07) is 7.74. The van der Waals surface area contributed by atoms with Gasteiger partial charge in [-0.25, -0.2) is 19.3 Å². The van der Waals surface area contributed by atoms with Gasteiger partial charge in [0.25, 0.3) is 5.91 Å². The van der Waals surface area contributed by atoms with Crippen molar-refractivity contribution in [2.45, 2.75) is 6.54 Å². The molecule has 2 heterocycles. The van der Waals surface area contributed by atoms with Crippen LogP contribution in [0.25, 0.3) is 0 Å². The first kappa shape index (κ1) is 18.1. The van der Waals surface area contributed by atoms with Crippen molar-refractivity contribution in [1.29, 1.82) is 0 Å². The van der Waals surface area contributed by atoms with E-state index >= 15 is 0 Å². The lowest BCUT2D eigenvalue weighted by Crippen LogP contribution is -2.14. The van der Waals surface area contributed by atoms with Gasteiger partial charge in [0.05, 0.1) is 25.2 Å². The minimum Gasteiger partial charge on any atom is -0.480 e. The topological polar surface area (TPSA) is 115 Å². The number of anilines is 3. The molecule has 0 aliphatic carbocycles. The van der Waals surface area contributed by atoms with Crippen molar-refractivity contribution in [1.82, 2.24) is 15.0 Å². The summed E-state index contributed by atoms with van der Waals surface area (Å²) in [5, 5.41) is 5.68. The van der Waals surface area contributed by atoms with Crippen LogP contribution >= 0.6 is 0 Å². The Morgan fingerprint density at radius 3 is 2.78 bits per heavy atom. The average Bonchev–Trinajstić information content (AvgIpc) is 2.69. The van der Waals surface area contributed by atoms with E-state index in [9.17, 15) is 9.18 Å². The fourth-order valence-electron chi connectivity index (χ4n) is 2.28. The third-order valence-corrected chi connectivity index (χ3v) is 3.68. The van der Waals surface area contributed by atoms with Gasteiger partial charge in [0.1, 0.15) is 17.3 Å². The number of rotatable bonds is 6. The lowest BCUT2D eigenvalue weighted by atomic mass is 10.1. The molecule has 3 aromatic rings. The first-order valence-corrected chi connectivity index (χ1v) is 7.97. The van der Waals surface area contributed by atoms with Crippen molar-refractivity contribution < 1.29 is 13.9 Å². The summed E-state index contributed by atoms with van der Waals surface area (Å²) in [5.74, 6) is -0.254. The second kappa shape index (κ2) is 8.09. The summed E-state index contributed by atoms with van der Waals surface area (Å²) < 4.78 is 19.0. The highest BCUT2D eigenvalue weighted by Crippen LogP contribution is 2.19. The molecule has 3 rings (SSSR count). The molecular formula is C18H17FN6O2. The van der Waals surface area contributed by atoms with Crippen LogP contribution in [-0.2, 0) is 6.54 Å². The molecule has 0 aliphatic rings. The van der Waals surface area contributed by atoms with E-state index in [1.807, 2.05) is 0 Å². The number of nitrogens with one attached hydrogen (secondary N) is 2. The Balaban J connectivity index is 1.70. The molecule has 27 heavy (non-hydrogen) atoms. The number of carbonyl (C=O) groups excluding carboxylic acids is 1. The van der Waals surface area contributed by atoms with E-state index in [0.717, 1.165) is 0 Å². The van der Waals surface area contributed by atoms with Gasteiger partial charge in [-0.15, -0.1) is 0 Å². The summed E-state index contributed by atoms with van der Waals surface area (Å²) in [6.45, 7) is 0.174. The van der Waals surface area contributed by atoms with Gasteiger partial charge in [0.2, 0.25) is 5.88 Å². The van der Waals surface area contributed by atoms with E-state index in [0.29, 0.717) is 28.6 Å². The van der Waals surface area contributed by atoms with Crippen LogP contribution in [0.1, 0.15) is 16.1 Å². The Morgan fingerprint density at radius 2 is 2.07 bits per heavy atom. The van der Waals surface area contributed by atoms with Crippen molar-refractivity contribution in [3.63, 3.8) is 0 Å². The van der Waals surface area contributed by atoms with Gasteiger partial charge < -0.3 is 21.1 Å². The number of nitrogens with two attached hydrogens (primary N) is 1. The molecule has 0 fully saturated rings. The van der Waals surface area contributed by atoms with Crippen molar-refractivity contribution in [3.05, 3.63) is 66.0 Å². The van der Waals surface area contributed by atoms with Gasteiger partial charge in [-0.05, 0) is 30.3 Å². The number of aromatic nitrogens is 3. The summed E-state index contributed by atoms with van der Waals surface area (Å²) >= 11 is 0. The number of hydrogen-bond donors (Lipinski definition) is 3. The molecule has 0 unspecified atom stereocenters. The highest BCUT2D eigenvalue weighted by Gasteiger charge is 2.11. The summed E-state index contributed by atoms with van der Waals surface area (Å²) in [7, 11) is 1.46. The standard InChI is InChI=1S/C18H17FN6O2/c1-27-16-10-23-15(9-24-16)18(26)25-12-4-5-13(19)11(7-12)8-22-14-3-2-6-21-17(14)20/h2-7,9-10,22H,8H2,1H3,(H2,20,21)(H,25,26). The molecule has 0 saturated carbocycles. The first-order chi connectivity index (χ1) is 13.1. The molecule has 8 nitrogen and oxygen atoms in total. The van der Waals surface area contributed by atoms with Crippen LogP contribution in [0.3, 0.4) is 0 Å². The quantitative estimate of drug-likeness (QED) is 0.612. The van der Waals surface area contributed by atoms with Crippen molar-refractivity contribution >= 4 is 23.1 Å². The van der Waals surface area contributed by atoms with Crippen LogP contribution < -0.4 is 21.1 Å². The molecule has 0 bridgehead atoms. The Labute approximate surface area is 154 Å². The molecule has 1 aromatic carbocycles. The predicted octanol–water partition coefficient (Wildman–Crippen LogP) is 2.47. The van der Waals surface area contributed by atoms with Crippen molar-refractivity contribution in [2.75, 3.05) is 23.5 Å². The van der Waals surface area contributed by atoms with Crippen molar-refractivity contribution in [3.8, 4) is 5.88 Å². The summed E-state index contributed by atoms with van der Waals surface area (Å²) in [5.41, 5.74) is 7.25. The molecule has 0 spiro atoms. The number of hydrogen-bond acceptors (Lipinski definition) is 7. The first-order valence-electron chi connectivity index (χ1n) is 7.97. The highest BCUT2D eigenvalue weighted by atomic mass is 19.1. The molecule has 0 aliphatic heterocycles. The Morgan fingerprint density at radius 1 is 1.22 bits per heavy atom. The van der Waals surface area contributed by atoms with Crippen LogP contribution in [0.15, 0.2) is 48.9 Å². The SMILES string of the molecule is COc1cnc(C(=O)Nc2ccc(F)c(CNc3cccnc3N)c2)cn1. The predicted molar refractivity (Wildman–Crippen MR) is 98.9 cm³/mol. The third-order valence-electron chi connectivity index (χ3n) is 3.68. The maximum Gasteiger partial charge on any atom is 0.275 e. The van der Waals surface area contributed by atoms with Gasteiger partial charge in [-0.3, -0.25) is 4.79 Å². The molecule has 1 amide bonds. The van der Waals surface area contributed by atoms with Crippen LogP contribution in [0.4, 0.5) is 21.6 Å². The molecule has 0 saturated heterocycles. The zero-order valence-electron chi connectivity index (χ0n) is 14.4. The lowest BCUT2D eigenvalue weighted by molar-refractivity contribution is 0.102. The van der Waals surface area contributed by atoms with Gasteiger partial charge in [-0.2, -0.15) is 0 Å². The van der Waals surface area contributed by atoms with Gasteiger partial charge in [0.15, 0.2) is 0 Å². The normalized spacial score (nSPS) is 10.3. The maximum atomic E-state index is 14.1. The molecule has 4 N–H and O–H groups in total. The van der Waals surface area contributed by atoms with Gasteiger partial charge >= 0.3 is 0 Å². The van der Waals surface area contributed by atoms with E-state index in [4.69, 9.17) is 10.5 Å². The van der Waals surface area contributed by atoms with E-state index < -0.39 is 11.7 Å². The second-order valence-electron chi connectivity index (χ2n) is 5.49. The number of halogens is 1. The van der Waals surface area contributed by atoms with E-state index in [1.165, 1.54) is 37.7 Å². The molecule has 2 aromatic heterocycles. The Bertz CT molecular complexity index is 949. The molecular weight excluding hydrogens is 351 g/mol. The number of nitrogens with zero attached hydrogens (tertiary/aromatic N) is 3. The zero-order chi connectivity index (χ0) is 19.2. The number of methoxy groups -OCH3 is 1. The van der Waals surface area contributed by atoms with E-state index in [1.54, 1.807) is 18.3 Å². The Hall–Kier alpha value is -3.75. The number of carbonyl (C=O) groups is 1. The molecule has 0 atom stereocenters. The second-order valence-corrected chi connectivity index (χ2v) is 5.49. The molecule has 138 valence electrons. The lowest BCUT2D eigenvalue weighted by Gasteiger charge is -2.11. The number of ether oxygens (including phenoxy) is 1. The van der Waals surface area contributed by atoms with Gasteiger partial charge in [0, 0.05) is 24.0 Å². The number of benzene rings is 1. The zero-order valence-corrected chi connectivity index (χ0v) is 14.4. The highest BCUT2D eigenvalue weighted by molar-refractivity contribution is 6.02. The molecule has 9 heteroatoms. The van der Waals surface area contributed by atoms with Crippen LogP contribution in [-0.4, -0.2) is 28.0 Å². The van der Waals surface area contributed by atoms with E-state index in [2.05, 4.69) is 25.6 Å². The minimum atomic E-state index is -0.466. The van der Waals surface area contributed by atoms with Crippen LogP contribution in [0.5, 0.6) is 5.88 Å². The fourth-order valence-corrected chi connectivity index (χ4v) is 2.28. The number of amides is 1. The Kier molecular flexibility index (Phi) is 5.41. The largest absolute Gasteiger partial charge is 0.480 e. The average molecular weight is 368 g/mol. The molecule has 0 radical (unpaired) electrons. The van der Waals surface area contributed by atoms with Crippen LogP contribution in [0, 0.1) is 5.82 Å². The van der Waals surface area contributed by atoms with Crippen molar-refractivity contribution in [2.24, 2.45) is 0 Å². The maximum absolute atomic E-state index is 14.1. The van der Waals surface area contributed by atoms with Gasteiger partial charge in [-0.1, -0.05) is 0 Å². The summed E-state index contributed by atoms with van der Waals surface area (Å²) in [4.78, 5) is 24.1. The van der Waals surface area contributed by atoms with Crippen LogP contribution in [0.2, 0.25) is 0 Å². The summed E-state index contributed by atoms with van der Waals surface area (Å²) in [6.07, 6.45) is 4.21. The number of pyridine rings is 1. The third kappa shape index (κ3) is 4.46. The minimum absolute atomic E-state index is 0.114.